The lowest BCUT2D eigenvalue weighted by atomic mass is 9.85. The third-order valence-corrected chi connectivity index (χ3v) is 3.30. The molecule has 90 valence electrons. The first-order valence-electron chi connectivity index (χ1n) is 5.23. The highest BCUT2D eigenvalue weighted by Crippen LogP contribution is 2.31. The van der Waals surface area contributed by atoms with Crippen LogP contribution >= 0.6 is 0 Å². The molecule has 2 bridgehead atoms. The molecule has 2 fully saturated rings. The molecule has 2 aliphatic rings. The molecule has 0 aromatic carbocycles. The predicted octanol–water partition coefficient (Wildman–Crippen LogP) is -2.10. The fraction of sp³-hybridized carbons (Fsp3) is 1.00. The highest BCUT2D eigenvalue weighted by molar-refractivity contribution is 4.86. The third kappa shape index (κ3) is 5.10. The van der Waals surface area contributed by atoms with E-state index >= 15 is 0 Å². The molecule has 2 aliphatic heterocycles. The molecule has 2 heterocycles. The maximum atomic E-state index is 8.60. The second kappa shape index (κ2) is 5.43. The van der Waals surface area contributed by atoms with Crippen LogP contribution in [0.4, 0.5) is 0 Å². The molecule has 0 saturated carbocycles. The maximum Gasteiger partial charge on any atom is 0.0777 e. The molecule has 1 N–H and O–H groups in total. The van der Waals surface area contributed by atoms with Crippen LogP contribution in [0.1, 0.15) is 38.5 Å². The summed E-state index contributed by atoms with van der Waals surface area (Å²) in [6.45, 7) is 0. The summed E-state index contributed by atoms with van der Waals surface area (Å²) in [6.07, 6.45) is 8.83. The summed E-state index contributed by atoms with van der Waals surface area (Å²) < 4.78 is 32.7. The van der Waals surface area contributed by atoms with E-state index < -0.39 is 10.2 Å². The van der Waals surface area contributed by atoms with Gasteiger partial charge in [-0.2, -0.15) is 14.0 Å². The van der Waals surface area contributed by atoms with Crippen molar-refractivity contribution >= 4 is 0 Å². The van der Waals surface area contributed by atoms with Gasteiger partial charge in [0.15, 0.2) is 0 Å². The van der Waals surface area contributed by atoms with E-state index in [1.807, 2.05) is 0 Å². The summed E-state index contributed by atoms with van der Waals surface area (Å²) in [4.78, 5) is 2.62. The molecular weight excluding hydrogens is 222 g/mol. The second-order valence-corrected chi connectivity index (χ2v) is 5.02. The van der Waals surface area contributed by atoms with Crippen molar-refractivity contribution in [2.45, 2.75) is 50.6 Å². The van der Waals surface area contributed by atoms with Crippen molar-refractivity contribution in [2.75, 3.05) is 7.05 Å². The van der Waals surface area contributed by atoms with Gasteiger partial charge in [0, 0.05) is 12.1 Å². The molecule has 0 atom stereocenters. The van der Waals surface area contributed by atoms with Gasteiger partial charge in [-0.05, 0) is 32.7 Å². The first kappa shape index (κ1) is 13.2. The molecule has 6 heteroatoms. The molecule has 0 radical (unpaired) electrons. The molecule has 2 rings (SSSR count). The first-order chi connectivity index (χ1) is 6.88. The van der Waals surface area contributed by atoms with Crippen molar-refractivity contribution in [3.05, 3.63) is 0 Å². The van der Waals surface area contributed by atoms with E-state index in [0.717, 1.165) is 12.1 Å². The number of hydrogen-bond donors (Lipinski definition) is 1. The third-order valence-electron chi connectivity index (χ3n) is 3.30. The summed E-state index contributed by atoms with van der Waals surface area (Å²) >= 11 is 0. The number of nitrogens with zero attached hydrogens (tertiary/aromatic N) is 1. The molecule has 2 saturated heterocycles. The Hall–Kier alpha value is 0.0900. The molecule has 0 aromatic rings. The fourth-order valence-corrected chi connectivity index (χ4v) is 2.58. The smallest absolute Gasteiger partial charge is 0.0777 e. The van der Waals surface area contributed by atoms with Crippen molar-refractivity contribution in [1.29, 1.82) is 0 Å². The van der Waals surface area contributed by atoms with E-state index in [0.29, 0.717) is 0 Å². The van der Waals surface area contributed by atoms with Crippen molar-refractivity contribution in [2.24, 2.45) is 0 Å². The Balaban J connectivity index is 0.000000195. The Labute approximate surface area is 92.1 Å². The zero-order valence-electron chi connectivity index (χ0n) is 8.89. The Kier molecular flexibility index (Phi) is 4.76. The number of rotatable bonds is 0. The normalized spacial score (nSPS) is 31.8. The van der Waals surface area contributed by atoms with Gasteiger partial charge in [-0.3, -0.25) is 0 Å². The van der Waals surface area contributed by atoms with E-state index in [2.05, 4.69) is 11.9 Å². The molecule has 0 amide bonds. The van der Waals surface area contributed by atoms with Gasteiger partial charge in [0.05, 0.1) is 14.9 Å². The van der Waals surface area contributed by atoms with Gasteiger partial charge in [0.1, 0.15) is 0 Å². The minimum absolute atomic E-state index is 0.951. The van der Waals surface area contributed by atoms with E-state index in [4.69, 9.17) is 18.6 Å². The maximum absolute atomic E-state index is 8.60. The topological polar surface area (TPSA) is 92.7 Å². The van der Waals surface area contributed by atoms with Gasteiger partial charge in [-0.1, -0.05) is 12.8 Å². The summed E-state index contributed by atoms with van der Waals surface area (Å²) in [5.41, 5.74) is 0. The van der Waals surface area contributed by atoms with Gasteiger partial charge in [0.2, 0.25) is 0 Å². The summed E-state index contributed by atoms with van der Waals surface area (Å²) in [5, 5.41) is 0. The lowest BCUT2D eigenvalue weighted by Crippen LogP contribution is -2.58. The van der Waals surface area contributed by atoms with Crippen LogP contribution in [0.3, 0.4) is 0 Å². The predicted molar refractivity (Wildman–Crippen MR) is 45.3 cm³/mol. The van der Waals surface area contributed by atoms with Crippen molar-refractivity contribution in [3.8, 4) is 0 Å². The van der Waals surface area contributed by atoms with Gasteiger partial charge < -0.3 is 4.90 Å². The second-order valence-electron chi connectivity index (χ2n) is 4.23. The fourth-order valence-electron chi connectivity index (χ4n) is 2.58. The minimum atomic E-state index is -4.69. The SMILES string of the molecule is CN1C2CCCC1CCC2.[O-][Cl+3]([O-])([O-])O. The minimum Gasteiger partial charge on any atom is -0.300 e. The quantitative estimate of drug-likeness (QED) is 0.523. The van der Waals surface area contributed by atoms with Crippen LogP contribution in [0, 0.1) is 10.2 Å². The van der Waals surface area contributed by atoms with Crippen LogP contribution in [0.25, 0.3) is 0 Å². The van der Waals surface area contributed by atoms with E-state index in [1.165, 1.54) is 38.5 Å². The number of halogens is 1. The van der Waals surface area contributed by atoms with Crippen LogP contribution in [0.2, 0.25) is 0 Å². The molecule has 0 aliphatic carbocycles. The highest BCUT2D eigenvalue weighted by Gasteiger charge is 2.30. The van der Waals surface area contributed by atoms with E-state index in [9.17, 15) is 0 Å². The molecule has 0 spiro atoms. The monoisotopic (exact) mass is 239 g/mol. The lowest BCUT2D eigenvalue weighted by Gasteiger charge is -2.43. The van der Waals surface area contributed by atoms with Gasteiger partial charge in [-0.15, -0.1) is 0 Å². The number of fused-ring (bicyclic) bond motifs is 2. The summed E-state index contributed by atoms with van der Waals surface area (Å²) in [6, 6.07) is 1.90. The van der Waals surface area contributed by atoms with Crippen molar-refractivity contribution in [1.82, 2.24) is 4.90 Å². The first-order valence-corrected chi connectivity index (χ1v) is 6.49. The van der Waals surface area contributed by atoms with E-state index in [1.54, 1.807) is 0 Å². The summed E-state index contributed by atoms with van der Waals surface area (Å²) in [7, 11) is -2.38. The Bertz CT molecular complexity index is 169. The van der Waals surface area contributed by atoms with E-state index in [-0.39, 0.29) is 0 Å². The molecule has 5 nitrogen and oxygen atoms in total. The van der Waals surface area contributed by atoms with Crippen molar-refractivity contribution < 1.29 is 28.9 Å². The average Bonchev–Trinajstić information content (AvgIpc) is 1.99. The Morgan fingerprint density at radius 1 is 1.00 bits per heavy atom. The highest BCUT2D eigenvalue weighted by atomic mass is 35.7. The number of piperidine rings is 2. The average molecular weight is 240 g/mol. The molecule has 15 heavy (non-hydrogen) atoms. The van der Waals surface area contributed by atoms with Gasteiger partial charge in [0.25, 0.3) is 0 Å². The molecular formula is C9H18ClNO4. The molecule has 0 unspecified atom stereocenters. The summed E-state index contributed by atoms with van der Waals surface area (Å²) in [5.74, 6) is 0. The van der Waals surface area contributed by atoms with Crippen LogP contribution in [0.15, 0.2) is 0 Å². The van der Waals surface area contributed by atoms with Crippen LogP contribution in [-0.2, 0) is 0 Å². The Morgan fingerprint density at radius 2 is 1.27 bits per heavy atom. The van der Waals surface area contributed by atoms with Crippen molar-refractivity contribution in [3.63, 3.8) is 0 Å². The van der Waals surface area contributed by atoms with Crippen LogP contribution in [-0.4, -0.2) is 28.7 Å². The zero-order valence-corrected chi connectivity index (χ0v) is 9.65. The zero-order chi connectivity index (χ0) is 11.5. The largest absolute Gasteiger partial charge is 0.300 e. The van der Waals surface area contributed by atoms with Gasteiger partial charge in [-0.25, -0.2) is 0 Å². The standard InChI is InChI=1S/C9H17N.ClHO4/c1-10-8-4-2-5-9(10)7-3-6-8;2-1(3,4)5/h8-9H,2-7H2,1H3;(H,2,3,4,5). The van der Waals surface area contributed by atoms with Crippen LogP contribution < -0.4 is 14.0 Å². The Morgan fingerprint density at radius 3 is 1.47 bits per heavy atom. The van der Waals surface area contributed by atoms with Crippen LogP contribution in [0.5, 0.6) is 0 Å². The molecule has 0 aromatic heterocycles. The lowest BCUT2D eigenvalue weighted by molar-refractivity contribution is -1.92. The number of hydrogen-bond acceptors (Lipinski definition) is 5. The van der Waals surface area contributed by atoms with Gasteiger partial charge >= 0.3 is 0 Å².